The second-order valence-corrected chi connectivity index (χ2v) is 3.96. The highest BCUT2D eigenvalue weighted by Crippen LogP contribution is 2.38. The molecule has 0 amide bonds. The van der Waals surface area contributed by atoms with Crippen LogP contribution in [0, 0.1) is 0 Å². The van der Waals surface area contributed by atoms with E-state index >= 15 is 0 Å². The molecule has 15 heavy (non-hydrogen) atoms. The highest BCUT2D eigenvalue weighted by molar-refractivity contribution is 6.29. The summed E-state index contributed by atoms with van der Waals surface area (Å²) < 4.78 is 5.12. The molecule has 3 rings (SSSR count). The zero-order valence-corrected chi connectivity index (χ0v) is 8.61. The van der Waals surface area contributed by atoms with Gasteiger partial charge in [0.15, 0.2) is 5.82 Å². The maximum atomic E-state index is 5.78. The van der Waals surface area contributed by atoms with Crippen molar-refractivity contribution in [1.29, 1.82) is 0 Å². The van der Waals surface area contributed by atoms with Crippen molar-refractivity contribution in [3.63, 3.8) is 0 Å². The molecule has 76 valence electrons. The number of hydrogen-bond donors (Lipinski definition) is 0. The van der Waals surface area contributed by atoms with Crippen LogP contribution in [0.5, 0.6) is 0 Å². The summed E-state index contributed by atoms with van der Waals surface area (Å²) in [5.74, 6) is 1.72. The molecule has 2 heterocycles. The van der Waals surface area contributed by atoms with Gasteiger partial charge in [0.2, 0.25) is 0 Å². The molecule has 2 aromatic rings. The molecule has 0 aliphatic heterocycles. The fourth-order valence-electron chi connectivity index (χ4n) is 1.37. The third-order valence-electron chi connectivity index (χ3n) is 2.32. The van der Waals surface area contributed by atoms with Gasteiger partial charge in [0, 0.05) is 5.92 Å². The maximum absolute atomic E-state index is 5.78. The van der Waals surface area contributed by atoms with Gasteiger partial charge >= 0.3 is 0 Å². The van der Waals surface area contributed by atoms with Crippen molar-refractivity contribution >= 4 is 11.6 Å². The minimum absolute atomic E-state index is 0.429. The lowest BCUT2D eigenvalue weighted by molar-refractivity contribution is 0.421. The molecule has 2 aromatic heterocycles. The Bertz CT molecular complexity index is 493. The Kier molecular flexibility index (Phi) is 1.95. The van der Waals surface area contributed by atoms with Gasteiger partial charge in [-0.25, -0.2) is 4.98 Å². The first-order valence-corrected chi connectivity index (χ1v) is 5.17. The van der Waals surface area contributed by atoms with Crippen LogP contribution in [0.1, 0.15) is 24.6 Å². The van der Waals surface area contributed by atoms with Gasteiger partial charge in [0.05, 0.1) is 0 Å². The molecular formula is C10H8ClN3O. The van der Waals surface area contributed by atoms with Gasteiger partial charge in [-0.05, 0) is 25.0 Å². The predicted molar refractivity (Wildman–Crippen MR) is 54.5 cm³/mol. The SMILES string of the molecule is Clc1cccc(-c2nc(C3CC3)no2)n1. The molecule has 0 bridgehead atoms. The fourth-order valence-corrected chi connectivity index (χ4v) is 1.54. The van der Waals surface area contributed by atoms with Gasteiger partial charge in [-0.3, -0.25) is 0 Å². The number of nitrogens with zero attached hydrogens (tertiary/aromatic N) is 3. The summed E-state index contributed by atoms with van der Waals surface area (Å²) in [5.41, 5.74) is 0.627. The first-order valence-electron chi connectivity index (χ1n) is 4.79. The molecule has 1 fully saturated rings. The molecule has 4 nitrogen and oxygen atoms in total. The second-order valence-electron chi connectivity index (χ2n) is 3.58. The van der Waals surface area contributed by atoms with E-state index in [1.807, 2.05) is 6.07 Å². The number of pyridine rings is 1. The molecule has 1 saturated carbocycles. The van der Waals surface area contributed by atoms with E-state index in [0.29, 0.717) is 22.7 Å². The summed E-state index contributed by atoms with van der Waals surface area (Å²) in [6, 6.07) is 5.32. The van der Waals surface area contributed by atoms with Crippen molar-refractivity contribution in [3.05, 3.63) is 29.2 Å². The van der Waals surface area contributed by atoms with Crippen LogP contribution in [0.3, 0.4) is 0 Å². The summed E-state index contributed by atoms with van der Waals surface area (Å²) in [6.45, 7) is 0. The van der Waals surface area contributed by atoms with Gasteiger partial charge in [-0.15, -0.1) is 0 Å². The predicted octanol–water partition coefficient (Wildman–Crippen LogP) is 2.66. The zero-order valence-electron chi connectivity index (χ0n) is 7.85. The third-order valence-corrected chi connectivity index (χ3v) is 2.53. The average Bonchev–Trinajstić information content (AvgIpc) is 2.97. The highest BCUT2D eigenvalue weighted by atomic mass is 35.5. The van der Waals surface area contributed by atoms with E-state index < -0.39 is 0 Å². The van der Waals surface area contributed by atoms with Crippen LogP contribution < -0.4 is 0 Å². The lowest BCUT2D eigenvalue weighted by Crippen LogP contribution is -1.85. The largest absolute Gasteiger partial charge is 0.332 e. The molecule has 5 heteroatoms. The van der Waals surface area contributed by atoms with Crippen LogP contribution in [0.2, 0.25) is 5.15 Å². The van der Waals surface area contributed by atoms with Gasteiger partial charge in [0.25, 0.3) is 5.89 Å². The Labute approximate surface area is 91.3 Å². The van der Waals surface area contributed by atoms with Crippen molar-refractivity contribution < 1.29 is 4.52 Å². The van der Waals surface area contributed by atoms with Gasteiger partial charge in [-0.1, -0.05) is 22.8 Å². The quantitative estimate of drug-likeness (QED) is 0.732. The van der Waals surface area contributed by atoms with Gasteiger partial charge in [-0.2, -0.15) is 4.98 Å². The molecule has 1 aliphatic rings. The van der Waals surface area contributed by atoms with E-state index in [-0.39, 0.29) is 0 Å². The van der Waals surface area contributed by atoms with Crippen molar-refractivity contribution in [1.82, 2.24) is 15.1 Å². The average molecular weight is 222 g/mol. The van der Waals surface area contributed by atoms with Crippen LogP contribution in [-0.4, -0.2) is 15.1 Å². The minimum atomic E-state index is 0.429. The first-order chi connectivity index (χ1) is 7.33. The van der Waals surface area contributed by atoms with Crippen LogP contribution in [0.25, 0.3) is 11.6 Å². The minimum Gasteiger partial charge on any atom is -0.332 e. The number of rotatable bonds is 2. The van der Waals surface area contributed by atoms with E-state index in [1.165, 1.54) is 0 Å². The van der Waals surface area contributed by atoms with Crippen LogP contribution in [-0.2, 0) is 0 Å². The lowest BCUT2D eigenvalue weighted by Gasteiger charge is -1.92. The van der Waals surface area contributed by atoms with E-state index in [0.717, 1.165) is 18.7 Å². The molecule has 0 aromatic carbocycles. The van der Waals surface area contributed by atoms with Crippen molar-refractivity contribution in [2.75, 3.05) is 0 Å². The fraction of sp³-hybridized carbons (Fsp3) is 0.300. The lowest BCUT2D eigenvalue weighted by atomic mass is 10.3. The standard InChI is InChI=1S/C10H8ClN3O/c11-8-3-1-2-7(12-8)10-13-9(14-15-10)6-4-5-6/h1-3,6H,4-5H2. The van der Waals surface area contributed by atoms with Crippen LogP contribution in [0.15, 0.2) is 22.7 Å². The van der Waals surface area contributed by atoms with Crippen LogP contribution >= 0.6 is 11.6 Å². The Balaban J connectivity index is 1.97. The second kappa shape index (κ2) is 3.31. The Morgan fingerprint density at radius 2 is 2.13 bits per heavy atom. The highest BCUT2D eigenvalue weighted by Gasteiger charge is 2.29. The third kappa shape index (κ3) is 1.72. The maximum Gasteiger partial charge on any atom is 0.276 e. The zero-order chi connectivity index (χ0) is 10.3. The van der Waals surface area contributed by atoms with Gasteiger partial charge in [0.1, 0.15) is 10.8 Å². The molecule has 0 spiro atoms. The summed E-state index contributed by atoms with van der Waals surface area (Å²) >= 11 is 5.78. The van der Waals surface area contributed by atoms with Crippen molar-refractivity contribution in [2.45, 2.75) is 18.8 Å². The summed E-state index contributed by atoms with van der Waals surface area (Å²) in [4.78, 5) is 8.39. The molecule has 0 unspecified atom stereocenters. The molecular weight excluding hydrogens is 214 g/mol. The number of aromatic nitrogens is 3. The number of halogens is 1. The number of hydrogen-bond acceptors (Lipinski definition) is 4. The van der Waals surface area contributed by atoms with E-state index in [2.05, 4.69) is 15.1 Å². The summed E-state index contributed by atoms with van der Waals surface area (Å²) in [7, 11) is 0. The van der Waals surface area contributed by atoms with Crippen molar-refractivity contribution in [2.24, 2.45) is 0 Å². The summed E-state index contributed by atoms with van der Waals surface area (Å²) in [6.07, 6.45) is 2.31. The normalized spacial score (nSPS) is 15.5. The van der Waals surface area contributed by atoms with E-state index in [1.54, 1.807) is 12.1 Å². The first kappa shape index (κ1) is 8.85. The molecule has 0 atom stereocenters. The monoisotopic (exact) mass is 221 g/mol. The molecule has 0 saturated heterocycles. The Hall–Kier alpha value is -1.42. The molecule has 1 aliphatic carbocycles. The Morgan fingerprint density at radius 1 is 1.27 bits per heavy atom. The van der Waals surface area contributed by atoms with Gasteiger partial charge < -0.3 is 4.52 Å². The van der Waals surface area contributed by atoms with E-state index in [9.17, 15) is 0 Å². The van der Waals surface area contributed by atoms with Crippen molar-refractivity contribution in [3.8, 4) is 11.6 Å². The smallest absolute Gasteiger partial charge is 0.276 e. The Morgan fingerprint density at radius 3 is 2.87 bits per heavy atom. The molecule has 0 radical (unpaired) electrons. The van der Waals surface area contributed by atoms with E-state index in [4.69, 9.17) is 16.1 Å². The molecule has 0 N–H and O–H groups in total. The van der Waals surface area contributed by atoms with Crippen LogP contribution in [0.4, 0.5) is 0 Å². The summed E-state index contributed by atoms with van der Waals surface area (Å²) in [5, 5.41) is 4.34. The topological polar surface area (TPSA) is 51.8 Å².